The summed E-state index contributed by atoms with van der Waals surface area (Å²) in [6.07, 6.45) is 3.50. The predicted molar refractivity (Wildman–Crippen MR) is 79.2 cm³/mol. The molecule has 0 bridgehead atoms. The number of anilines is 2. The van der Waals surface area contributed by atoms with Crippen LogP contribution in [-0.4, -0.2) is 19.7 Å². The molecule has 0 aliphatic carbocycles. The monoisotopic (exact) mass is 268 g/mol. The third-order valence-corrected chi connectivity index (χ3v) is 3.16. The first kappa shape index (κ1) is 12.4. The van der Waals surface area contributed by atoms with Crippen molar-refractivity contribution >= 4 is 22.1 Å². The van der Waals surface area contributed by atoms with Crippen LogP contribution < -0.4 is 11.1 Å². The smallest absolute Gasteiger partial charge is 0.169 e. The molecule has 0 unspecified atom stereocenters. The van der Waals surface area contributed by atoms with Gasteiger partial charge >= 0.3 is 0 Å². The number of pyridine rings is 1. The molecule has 0 aliphatic rings. The second-order valence-electron chi connectivity index (χ2n) is 4.76. The molecule has 0 saturated carbocycles. The molecule has 3 rings (SSSR count). The first-order valence-corrected chi connectivity index (χ1v) is 6.37. The topological polar surface area (TPSA) is 81.7 Å². The Balaban J connectivity index is 1.95. The van der Waals surface area contributed by atoms with E-state index < -0.39 is 0 Å². The van der Waals surface area contributed by atoms with E-state index in [0.717, 1.165) is 33.7 Å². The summed E-state index contributed by atoms with van der Waals surface area (Å²) in [5.74, 6) is 0.753. The van der Waals surface area contributed by atoms with Gasteiger partial charge in [-0.25, -0.2) is 4.98 Å². The molecule has 20 heavy (non-hydrogen) atoms. The Morgan fingerprint density at radius 3 is 2.85 bits per heavy atom. The molecule has 2 heterocycles. The molecule has 0 amide bonds. The zero-order valence-electron chi connectivity index (χ0n) is 11.5. The summed E-state index contributed by atoms with van der Waals surface area (Å²) in [6, 6.07) is 5.88. The number of benzene rings is 1. The van der Waals surface area contributed by atoms with Crippen molar-refractivity contribution < 1.29 is 0 Å². The quantitative estimate of drug-likeness (QED) is 0.709. The van der Waals surface area contributed by atoms with Gasteiger partial charge in [-0.05, 0) is 25.1 Å². The van der Waals surface area contributed by atoms with Crippen LogP contribution in [0.1, 0.15) is 11.5 Å². The molecule has 0 radical (unpaired) electrons. The number of nitrogens with two attached hydrogens (primary N) is 1. The number of nitrogen functional groups attached to an aromatic ring is 1. The van der Waals surface area contributed by atoms with Gasteiger partial charge in [-0.2, -0.15) is 5.10 Å². The molecule has 3 aromatic rings. The van der Waals surface area contributed by atoms with Gasteiger partial charge in [0.25, 0.3) is 0 Å². The molecular formula is C14H16N6. The van der Waals surface area contributed by atoms with Gasteiger partial charge in [0.15, 0.2) is 5.82 Å². The van der Waals surface area contributed by atoms with Crippen molar-refractivity contribution in [2.24, 2.45) is 7.05 Å². The molecule has 2 aromatic heterocycles. The molecule has 102 valence electrons. The highest BCUT2D eigenvalue weighted by Gasteiger charge is 2.06. The van der Waals surface area contributed by atoms with Crippen LogP contribution in [0.15, 0.2) is 30.7 Å². The number of aryl methyl sites for hydroxylation is 2. The van der Waals surface area contributed by atoms with Crippen LogP contribution in [0.25, 0.3) is 10.8 Å². The maximum Gasteiger partial charge on any atom is 0.169 e. The van der Waals surface area contributed by atoms with Crippen molar-refractivity contribution in [3.63, 3.8) is 0 Å². The summed E-state index contributed by atoms with van der Waals surface area (Å²) in [7, 11) is 1.85. The van der Waals surface area contributed by atoms with Gasteiger partial charge < -0.3 is 11.1 Å². The molecule has 3 N–H and O–H groups in total. The Bertz CT molecular complexity index is 761. The second-order valence-corrected chi connectivity index (χ2v) is 4.76. The van der Waals surface area contributed by atoms with E-state index in [9.17, 15) is 0 Å². The van der Waals surface area contributed by atoms with Crippen LogP contribution in [-0.2, 0) is 13.6 Å². The van der Waals surface area contributed by atoms with E-state index in [1.165, 1.54) is 0 Å². The predicted octanol–water partition coefficient (Wildman–Crippen LogP) is 1.87. The Kier molecular flexibility index (Phi) is 2.98. The second kappa shape index (κ2) is 4.80. The standard InChI is InChI=1S/C14H16N6/c1-9-5-10-11(6-16-9)12(15)3-4-13(10)17-7-14-18-8-20(2)19-14/h3-6,8,17H,7,15H2,1-2H3. The lowest BCUT2D eigenvalue weighted by molar-refractivity contribution is 0.747. The molecular weight excluding hydrogens is 252 g/mol. The number of aromatic nitrogens is 4. The highest BCUT2D eigenvalue weighted by molar-refractivity contribution is 6.00. The minimum absolute atomic E-state index is 0.571. The minimum Gasteiger partial charge on any atom is -0.398 e. The van der Waals surface area contributed by atoms with Gasteiger partial charge in [0.2, 0.25) is 0 Å². The van der Waals surface area contributed by atoms with E-state index in [1.54, 1.807) is 11.0 Å². The summed E-state index contributed by atoms with van der Waals surface area (Å²) in [5.41, 5.74) is 8.69. The zero-order chi connectivity index (χ0) is 14.1. The van der Waals surface area contributed by atoms with Crippen LogP contribution >= 0.6 is 0 Å². The van der Waals surface area contributed by atoms with E-state index in [-0.39, 0.29) is 0 Å². The third-order valence-electron chi connectivity index (χ3n) is 3.16. The Morgan fingerprint density at radius 1 is 1.25 bits per heavy atom. The van der Waals surface area contributed by atoms with E-state index >= 15 is 0 Å². The fourth-order valence-electron chi connectivity index (χ4n) is 2.16. The van der Waals surface area contributed by atoms with Gasteiger partial charge in [-0.1, -0.05) is 0 Å². The van der Waals surface area contributed by atoms with Crippen LogP contribution in [0.5, 0.6) is 0 Å². The average Bonchev–Trinajstić information content (AvgIpc) is 2.84. The maximum atomic E-state index is 5.99. The fraction of sp³-hybridized carbons (Fsp3) is 0.214. The average molecular weight is 268 g/mol. The van der Waals surface area contributed by atoms with Crippen LogP contribution in [0.3, 0.4) is 0 Å². The summed E-state index contributed by atoms with van der Waals surface area (Å²) < 4.78 is 1.69. The van der Waals surface area contributed by atoms with Crippen molar-refractivity contribution in [2.75, 3.05) is 11.1 Å². The lowest BCUT2D eigenvalue weighted by Gasteiger charge is -2.10. The summed E-state index contributed by atoms with van der Waals surface area (Å²) in [6.45, 7) is 2.54. The SMILES string of the molecule is Cc1cc2c(NCc3ncn(C)n3)ccc(N)c2cn1. The Morgan fingerprint density at radius 2 is 2.10 bits per heavy atom. The van der Waals surface area contributed by atoms with Crippen molar-refractivity contribution in [2.45, 2.75) is 13.5 Å². The lowest BCUT2D eigenvalue weighted by Crippen LogP contribution is -2.03. The van der Waals surface area contributed by atoms with Gasteiger partial charge in [0.05, 0.1) is 6.54 Å². The van der Waals surface area contributed by atoms with Crippen LogP contribution in [0.2, 0.25) is 0 Å². The van der Waals surface area contributed by atoms with Crippen molar-refractivity contribution in [1.29, 1.82) is 0 Å². The third kappa shape index (κ3) is 2.27. The molecule has 0 aliphatic heterocycles. The number of nitrogens with one attached hydrogen (secondary N) is 1. The van der Waals surface area contributed by atoms with E-state index in [1.807, 2.05) is 38.4 Å². The molecule has 0 saturated heterocycles. The number of hydrogen-bond donors (Lipinski definition) is 2. The van der Waals surface area contributed by atoms with Crippen LogP contribution in [0.4, 0.5) is 11.4 Å². The highest BCUT2D eigenvalue weighted by Crippen LogP contribution is 2.28. The Hall–Kier alpha value is -2.63. The summed E-state index contributed by atoms with van der Waals surface area (Å²) in [4.78, 5) is 8.49. The molecule has 1 aromatic carbocycles. The molecule has 6 heteroatoms. The number of hydrogen-bond acceptors (Lipinski definition) is 5. The molecule has 0 fully saturated rings. The first-order chi connectivity index (χ1) is 9.63. The van der Waals surface area contributed by atoms with E-state index in [4.69, 9.17) is 5.73 Å². The van der Waals surface area contributed by atoms with Crippen molar-refractivity contribution in [1.82, 2.24) is 19.7 Å². The van der Waals surface area contributed by atoms with Gasteiger partial charge in [-0.3, -0.25) is 9.67 Å². The van der Waals surface area contributed by atoms with Gasteiger partial charge in [0, 0.05) is 41.1 Å². The highest BCUT2D eigenvalue weighted by atomic mass is 15.3. The van der Waals surface area contributed by atoms with Crippen molar-refractivity contribution in [3.05, 3.63) is 42.2 Å². The normalized spacial score (nSPS) is 10.9. The van der Waals surface area contributed by atoms with E-state index in [0.29, 0.717) is 6.54 Å². The summed E-state index contributed by atoms with van der Waals surface area (Å²) in [5, 5.41) is 9.61. The van der Waals surface area contributed by atoms with E-state index in [2.05, 4.69) is 20.4 Å². The zero-order valence-corrected chi connectivity index (χ0v) is 11.5. The number of fused-ring (bicyclic) bond motifs is 1. The molecule has 0 atom stereocenters. The first-order valence-electron chi connectivity index (χ1n) is 6.37. The molecule has 6 nitrogen and oxygen atoms in total. The van der Waals surface area contributed by atoms with Gasteiger partial charge in [0.1, 0.15) is 6.33 Å². The minimum atomic E-state index is 0.571. The number of nitrogens with zero attached hydrogens (tertiary/aromatic N) is 4. The fourth-order valence-corrected chi connectivity index (χ4v) is 2.16. The van der Waals surface area contributed by atoms with Crippen LogP contribution in [0, 0.1) is 6.92 Å². The lowest BCUT2D eigenvalue weighted by atomic mass is 10.1. The van der Waals surface area contributed by atoms with Gasteiger partial charge in [-0.15, -0.1) is 0 Å². The molecule has 0 spiro atoms. The number of rotatable bonds is 3. The maximum absolute atomic E-state index is 5.99. The largest absolute Gasteiger partial charge is 0.398 e. The van der Waals surface area contributed by atoms with Crippen molar-refractivity contribution in [3.8, 4) is 0 Å². The summed E-state index contributed by atoms with van der Waals surface area (Å²) >= 11 is 0. The Labute approximate surface area is 116 Å².